The van der Waals surface area contributed by atoms with Crippen LogP contribution in [0.1, 0.15) is 29.2 Å². The third-order valence-corrected chi connectivity index (χ3v) is 3.88. The fourth-order valence-electron chi connectivity index (χ4n) is 2.37. The zero-order valence-corrected chi connectivity index (χ0v) is 14.3. The van der Waals surface area contributed by atoms with Crippen molar-refractivity contribution in [3.63, 3.8) is 0 Å². The van der Waals surface area contributed by atoms with Gasteiger partial charge in [0, 0.05) is 18.2 Å². The van der Waals surface area contributed by atoms with E-state index in [1.165, 1.54) is 6.92 Å². The maximum absolute atomic E-state index is 13.8. The molecule has 0 heterocycles. The van der Waals surface area contributed by atoms with Crippen molar-refractivity contribution in [2.24, 2.45) is 0 Å². The summed E-state index contributed by atoms with van der Waals surface area (Å²) in [6.07, 6.45) is -3.56. The smallest absolute Gasteiger partial charge is 0.407 e. The predicted octanol–water partition coefficient (Wildman–Crippen LogP) is 2.98. The number of carbonyl (C=O) groups is 1. The van der Waals surface area contributed by atoms with Crippen molar-refractivity contribution in [3.8, 4) is 0 Å². The highest BCUT2D eigenvalue weighted by Crippen LogP contribution is 2.24. The Morgan fingerprint density at radius 2 is 1.85 bits per heavy atom. The topological polar surface area (TPSA) is 78.8 Å². The first-order chi connectivity index (χ1) is 12.4. The van der Waals surface area contributed by atoms with Crippen LogP contribution in [0.2, 0.25) is 0 Å². The van der Waals surface area contributed by atoms with Gasteiger partial charge in [0.25, 0.3) is 0 Å². The van der Waals surface area contributed by atoms with Crippen LogP contribution in [0.4, 0.5) is 13.6 Å². The van der Waals surface area contributed by atoms with Crippen LogP contribution in [0.3, 0.4) is 0 Å². The van der Waals surface area contributed by atoms with Gasteiger partial charge in [-0.05, 0) is 30.5 Å². The Morgan fingerprint density at radius 3 is 2.54 bits per heavy atom. The fraction of sp³-hybridized carbons (Fsp3) is 0.316. The van der Waals surface area contributed by atoms with Crippen molar-refractivity contribution < 1.29 is 28.5 Å². The van der Waals surface area contributed by atoms with E-state index in [9.17, 15) is 23.8 Å². The van der Waals surface area contributed by atoms with Gasteiger partial charge in [0.2, 0.25) is 0 Å². The summed E-state index contributed by atoms with van der Waals surface area (Å²) in [5.41, 5.74) is 0.804. The third kappa shape index (κ3) is 5.50. The molecule has 0 aliphatic carbocycles. The van der Waals surface area contributed by atoms with E-state index in [1.54, 1.807) is 0 Å². The van der Waals surface area contributed by atoms with Crippen molar-refractivity contribution >= 4 is 6.09 Å². The number of aliphatic hydroxyl groups excluding tert-OH is 2. The molecule has 0 saturated heterocycles. The van der Waals surface area contributed by atoms with Gasteiger partial charge in [-0.15, -0.1) is 0 Å². The van der Waals surface area contributed by atoms with E-state index in [0.29, 0.717) is 6.07 Å². The summed E-state index contributed by atoms with van der Waals surface area (Å²) in [5, 5.41) is 22.5. The van der Waals surface area contributed by atoms with E-state index < -0.39 is 29.9 Å². The molecule has 2 rings (SSSR count). The molecule has 0 bridgehead atoms. The van der Waals surface area contributed by atoms with Gasteiger partial charge in [0.05, 0.1) is 6.10 Å². The van der Waals surface area contributed by atoms with Gasteiger partial charge < -0.3 is 20.3 Å². The highest BCUT2D eigenvalue weighted by molar-refractivity contribution is 5.67. The summed E-state index contributed by atoms with van der Waals surface area (Å²) >= 11 is 0. The second kappa shape index (κ2) is 9.26. The van der Waals surface area contributed by atoms with Crippen LogP contribution in [-0.2, 0) is 11.3 Å². The lowest BCUT2D eigenvalue weighted by Crippen LogP contribution is -2.30. The van der Waals surface area contributed by atoms with Gasteiger partial charge in [-0.3, -0.25) is 0 Å². The molecular formula is C19H21F2NO4. The van der Waals surface area contributed by atoms with Crippen molar-refractivity contribution in [1.29, 1.82) is 0 Å². The maximum Gasteiger partial charge on any atom is 0.407 e. The molecule has 5 nitrogen and oxygen atoms in total. The highest BCUT2D eigenvalue weighted by Gasteiger charge is 2.22. The molecule has 26 heavy (non-hydrogen) atoms. The lowest BCUT2D eigenvalue weighted by molar-refractivity contribution is 0.0115. The molecule has 0 spiro atoms. The number of benzene rings is 2. The molecule has 0 saturated carbocycles. The molecule has 0 aliphatic heterocycles. The molecule has 140 valence electrons. The molecule has 7 heteroatoms. The number of carbonyl (C=O) groups excluding carboxylic acids is 1. The third-order valence-electron chi connectivity index (χ3n) is 3.88. The Hall–Kier alpha value is -2.51. The van der Waals surface area contributed by atoms with Gasteiger partial charge in [-0.1, -0.05) is 30.3 Å². The zero-order valence-electron chi connectivity index (χ0n) is 14.3. The van der Waals surface area contributed by atoms with Crippen LogP contribution in [-0.4, -0.2) is 29.0 Å². The van der Waals surface area contributed by atoms with Crippen LogP contribution >= 0.6 is 0 Å². The van der Waals surface area contributed by atoms with Crippen LogP contribution in [0.15, 0.2) is 42.5 Å². The zero-order chi connectivity index (χ0) is 19.1. The first-order valence-corrected chi connectivity index (χ1v) is 8.14. The molecule has 2 unspecified atom stereocenters. The summed E-state index contributed by atoms with van der Waals surface area (Å²) in [6.45, 7) is 1.56. The fourth-order valence-corrected chi connectivity index (χ4v) is 2.37. The maximum atomic E-state index is 13.8. The average Bonchev–Trinajstić information content (AvgIpc) is 2.63. The summed E-state index contributed by atoms with van der Waals surface area (Å²) in [6, 6.07) is 10.9. The van der Waals surface area contributed by atoms with E-state index >= 15 is 0 Å². The van der Waals surface area contributed by atoms with Crippen LogP contribution < -0.4 is 5.32 Å². The lowest BCUT2D eigenvalue weighted by atomic mass is 9.99. The monoisotopic (exact) mass is 365 g/mol. The number of ether oxygens (including phenoxy) is 1. The number of aryl methyl sites for hydroxylation is 1. The highest BCUT2D eigenvalue weighted by atomic mass is 19.1. The normalized spacial score (nSPS) is 13.1. The number of rotatable bonds is 7. The SMILES string of the molecule is Cc1cc(C(O)C(O)CCNC(=O)OCc2ccccc2)c(F)cc1F. The second-order valence-corrected chi connectivity index (χ2v) is 5.91. The van der Waals surface area contributed by atoms with Crippen molar-refractivity contribution in [2.45, 2.75) is 32.2 Å². The minimum Gasteiger partial charge on any atom is -0.445 e. The molecule has 0 radical (unpaired) electrons. The molecule has 2 aromatic carbocycles. The molecule has 0 aliphatic rings. The van der Waals surface area contributed by atoms with E-state index in [0.717, 1.165) is 11.6 Å². The quantitative estimate of drug-likeness (QED) is 0.705. The summed E-state index contributed by atoms with van der Waals surface area (Å²) in [5.74, 6) is -1.66. The lowest BCUT2D eigenvalue weighted by Gasteiger charge is -2.19. The van der Waals surface area contributed by atoms with Crippen molar-refractivity contribution in [2.75, 3.05) is 6.54 Å². The van der Waals surface area contributed by atoms with Gasteiger partial charge in [-0.2, -0.15) is 0 Å². The number of amides is 1. The molecule has 0 fully saturated rings. The number of aliphatic hydroxyl groups is 2. The van der Waals surface area contributed by atoms with E-state index in [1.807, 2.05) is 30.3 Å². The summed E-state index contributed by atoms with van der Waals surface area (Å²) in [7, 11) is 0. The first-order valence-electron chi connectivity index (χ1n) is 8.14. The van der Waals surface area contributed by atoms with Gasteiger partial charge in [0.15, 0.2) is 0 Å². The molecule has 2 aromatic rings. The Kier molecular flexibility index (Phi) is 7.06. The molecular weight excluding hydrogens is 344 g/mol. The summed E-state index contributed by atoms with van der Waals surface area (Å²) in [4.78, 5) is 11.6. The van der Waals surface area contributed by atoms with Crippen molar-refractivity contribution in [1.82, 2.24) is 5.32 Å². The number of alkyl carbamates (subject to hydrolysis) is 1. The minimum absolute atomic E-state index is 0.0215. The Labute approximate surface area is 150 Å². The van der Waals surface area contributed by atoms with Gasteiger partial charge in [0.1, 0.15) is 24.3 Å². The van der Waals surface area contributed by atoms with Crippen LogP contribution in [0.5, 0.6) is 0 Å². The van der Waals surface area contributed by atoms with Crippen LogP contribution in [0, 0.1) is 18.6 Å². The predicted molar refractivity (Wildman–Crippen MR) is 91.3 cm³/mol. The number of nitrogens with one attached hydrogen (secondary N) is 1. The number of hydrogen-bond donors (Lipinski definition) is 3. The van der Waals surface area contributed by atoms with Gasteiger partial charge in [-0.25, -0.2) is 13.6 Å². The van der Waals surface area contributed by atoms with Crippen LogP contribution in [0.25, 0.3) is 0 Å². The summed E-state index contributed by atoms with van der Waals surface area (Å²) < 4.78 is 32.0. The Balaban J connectivity index is 1.78. The van der Waals surface area contributed by atoms with Gasteiger partial charge >= 0.3 is 6.09 Å². The minimum atomic E-state index is -1.53. The van der Waals surface area contributed by atoms with E-state index in [-0.39, 0.29) is 30.7 Å². The molecule has 3 N–H and O–H groups in total. The molecule has 1 amide bonds. The Bertz CT molecular complexity index is 740. The van der Waals surface area contributed by atoms with E-state index in [4.69, 9.17) is 4.74 Å². The average molecular weight is 365 g/mol. The standard InChI is InChI=1S/C19H21F2NO4/c1-12-9-14(16(21)10-15(12)20)18(24)17(23)7-8-22-19(25)26-11-13-5-3-2-4-6-13/h2-6,9-10,17-18,23-24H,7-8,11H2,1H3,(H,22,25). The molecule has 2 atom stereocenters. The Morgan fingerprint density at radius 1 is 1.15 bits per heavy atom. The number of hydrogen-bond acceptors (Lipinski definition) is 4. The molecule has 0 aromatic heterocycles. The second-order valence-electron chi connectivity index (χ2n) is 5.91. The van der Waals surface area contributed by atoms with E-state index in [2.05, 4.69) is 5.32 Å². The van der Waals surface area contributed by atoms with Crippen molar-refractivity contribution in [3.05, 3.63) is 70.8 Å². The largest absolute Gasteiger partial charge is 0.445 e. The first kappa shape index (κ1) is 19.8. The number of halogens is 2.